The number of nitrogens with zero attached hydrogens (tertiary/aromatic N) is 1. The maximum Gasteiger partial charge on any atom is 0.374 e. The van der Waals surface area contributed by atoms with Gasteiger partial charge in [0.1, 0.15) is 17.9 Å². The van der Waals surface area contributed by atoms with Crippen LogP contribution >= 0.6 is 0 Å². The van der Waals surface area contributed by atoms with Crippen molar-refractivity contribution in [1.82, 2.24) is 5.16 Å². The molecule has 28 heavy (non-hydrogen) atoms. The summed E-state index contributed by atoms with van der Waals surface area (Å²) in [4.78, 5) is 12.2. The standard InChI is InChI=1S/C21H17NO6/c1-24-17-8-7-14(9-19(17)25-2)18-11-15(22-28-18)12-26-21(23)20-10-13-5-3-4-6-16(13)27-20/h3-11H,12H2,1-2H3. The maximum absolute atomic E-state index is 12.2. The number of aromatic nitrogens is 1. The van der Waals surface area contributed by atoms with Crippen molar-refractivity contribution < 1.29 is 27.9 Å². The van der Waals surface area contributed by atoms with Crippen molar-refractivity contribution in [2.45, 2.75) is 6.61 Å². The number of carbonyl (C=O) groups excluding carboxylic acids is 1. The molecule has 142 valence electrons. The van der Waals surface area contributed by atoms with Crippen LogP contribution in [0.1, 0.15) is 16.2 Å². The Morgan fingerprint density at radius 3 is 2.61 bits per heavy atom. The third-order valence-electron chi connectivity index (χ3n) is 4.20. The van der Waals surface area contributed by atoms with Crippen LogP contribution in [-0.2, 0) is 11.3 Å². The van der Waals surface area contributed by atoms with E-state index in [1.807, 2.05) is 24.3 Å². The van der Waals surface area contributed by atoms with Gasteiger partial charge in [0.25, 0.3) is 0 Å². The van der Waals surface area contributed by atoms with Gasteiger partial charge < -0.3 is 23.2 Å². The van der Waals surface area contributed by atoms with E-state index in [0.717, 1.165) is 10.9 Å². The molecule has 2 heterocycles. The molecule has 0 bridgehead atoms. The summed E-state index contributed by atoms with van der Waals surface area (Å²) in [5.41, 5.74) is 1.88. The lowest BCUT2D eigenvalue weighted by Gasteiger charge is -2.07. The zero-order valence-electron chi connectivity index (χ0n) is 15.3. The Bertz CT molecular complexity index is 1090. The van der Waals surface area contributed by atoms with Gasteiger partial charge in [-0.05, 0) is 30.3 Å². The van der Waals surface area contributed by atoms with Gasteiger partial charge in [-0.3, -0.25) is 0 Å². The molecule has 0 aliphatic carbocycles. The zero-order chi connectivity index (χ0) is 19.5. The van der Waals surface area contributed by atoms with Crippen molar-refractivity contribution in [3.63, 3.8) is 0 Å². The Hall–Kier alpha value is -3.74. The molecule has 0 spiro atoms. The maximum atomic E-state index is 12.2. The predicted molar refractivity (Wildman–Crippen MR) is 100 cm³/mol. The molecule has 7 nitrogen and oxygen atoms in total. The largest absolute Gasteiger partial charge is 0.493 e. The number of fused-ring (bicyclic) bond motifs is 1. The average Bonchev–Trinajstić information content (AvgIpc) is 3.38. The first-order valence-corrected chi connectivity index (χ1v) is 8.51. The quantitative estimate of drug-likeness (QED) is 0.457. The van der Waals surface area contributed by atoms with Crippen molar-refractivity contribution in [2.24, 2.45) is 0 Å². The number of furan rings is 1. The van der Waals surface area contributed by atoms with Gasteiger partial charge in [-0.2, -0.15) is 0 Å². The van der Waals surface area contributed by atoms with Gasteiger partial charge in [0.2, 0.25) is 5.76 Å². The van der Waals surface area contributed by atoms with Crippen LogP contribution in [0.3, 0.4) is 0 Å². The average molecular weight is 379 g/mol. The van der Waals surface area contributed by atoms with Crippen LogP contribution in [0.25, 0.3) is 22.3 Å². The number of methoxy groups -OCH3 is 2. The number of rotatable bonds is 6. The van der Waals surface area contributed by atoms with Gasteiger partial charge in [-0.1, -0.05) is 23.4 Å². The minimum Gasteiger partial charge on any atom is -0.493 e. The van der Waals surface area contributed by atoms with E-state index in [-0.39, 0.29) is 12.4 Å². The first-order chi connectivity index (χ1) is 13.7. The number of hydrogen-bond donors (Lipinski definition) is 0. The Morgan fingerprint density at radius 1 is 1.00 bits per heavy atom. The molecule has 0 radical (unpaired) electrons. The highest BCUT2D eigenvalue weighted by Crippen LogP contribution is 2.32. The third-order valence-corrected chi connectivity index (χ3v) is 4.20. The minimum atomic E-state index is -0.563. The molecule has 0 aliphatic heterocycles. The predicted octanol–water partition coefficient (Wildman–Crippen LogP) is 4.46. The molecule has 2 aromatic carbocycles. The molecule has 4 rings (SSSR count). The highest BCUT2D eigenvalue weighted by Gasteiger charge is 2.16. The summed E-state index contributed by atoms with van der Waals surface area (Å²) in [5.74, 6) is 1.30. The van der Waals surface area contributed by atoms with Crippen LogP contribution in [0.15, 0.2) is 63.5 Å². The summed E-state index contributed by atoms with van der Waals surface area (Å²) < 4.78 is 26.6. The molecule has 0 aliphatic rings. The SMILES string of the molecule is COc1ccc(-c2cc(COC(=O)c3cc4ccccc4o3)no2)cc1OC. The second-order valence-electron chi connectivity index (χ2n) is 5.98. The summed E-state index contributed by atoms with van der Waals surface area (Å²) in [6, 6.07) is 16.1. The molecule has 2 aromatic heterocycles. The van der Waals surface area contributed by atoms with E-state index in [4.69, 9.17) is 23.2 Å². The van der Waals surface area contributed by atoms with Crippen molar-refractivity contribution >= 4 is 16.9 Å². The van der Waals surface area contributed by atoms with Crippen molar-refractivity contribution in [1.29, 1.82) is 0 Å². The van der Waals surface area contributed by atoms with E-state index in [1.165, 1.54) is 0 Å². The van der Waals surface area contributed by atoms with Crippen LogP contribution < -0.4 is 9.47 Å². The molecule has 7 heteroatoms. The van der Waals surface area contributed by atoms with Crippen LogP contribution in [-0.4, -0.2) is 25.3 Å². The summed E-state index contributed by atoms with van der Waals surface area (Å²) >= 11 is 0. The van der Waals surface area contributed by atoms with Gasteiger partial charge in [-0.15, -0.1) is 0 Å². The third kappa shape index (κ3) is 3.42. The summed E-state index contributed by atoms with van der Waals surface area (Å²) in [6.45, 7) is -0.0351. The van der Waals surface area contributed by atoms with Crippen molar-refractivity contribution in [2.75, 3.05) is 14.2 Å². The number of benzene rings is 2. The number of hydrogen-bond acceptors (Lipinski definition) is 7. The van der Waals surface area contributed by atoms with Crippen LogP contribution in [0.5, 0.6) is 11.5 Å². The second kappa shape index (κ2) is 7.48. The van der Waals surface area contributed by atoms with E-state index in [9.17, 15) is 4.79 Å². The van der Waals surface area contributed by atoms with Crippen molar-refractivity contribution in [3.8, 4) is 22.8 Å². The van der Waals surface area contributed by atoms with E-state index in [0.29, 0.717) is 28.5 Å². The highest BCUT2D eigenvalue weighted by molar-refractivity contribution is 5.92. The number of ether oxygens (including phenoxy) is 3. The molecule has 0 N–H and O–H groups in total. The molecule has 0 saturated heterocycles. The normalized spacial score (nSPS) is 10.8. The fraction of sp³-hybridized carbons (Fsp3) is 0.143. The van der Waals surface area contributed by atoms with Crippen molar-refractivity contribution in [3.05, 3.63) is 66.1 Å². The summed E-state index contributed by atoms with van der Waals surface area (Å²) in [5, 5.41) is 4.78. The van der Waals surface area contributed by atoms with Gasteiger partial charge in [0.15, 0.2) is 17.3 Å². The topological polar surface area (TPSA) is 83.9 Å². The number of esters is 1. The lowest BCUT2D eigenvalue weighted by Crippen LogP contribution is -2.03. The molecule has 0 unspecified atom stereocenters. The van der Waals surface area contributed by atoms with Gasteiger partial charge in [0.05, 0.1) is 14.2 Å². The minimum absolute atomic E-state index is 0.0351. The molecule has 0 atom stereocenters. The fourth-order valence-corrected chi connectivity index (χ4v) is 2.80. The Balaban J connectivity index is 1.45. The summed E-state index contributed by atoms with van der Waals surface area (Å²) in [7, 11) is 3.13. The molecular formula is C21H17NO6. The molecule has 0 saturated carbocycles. The number of carbonyl (C=O) groups is 1. The van der Waals surface area contributed by atoms with E-state index >= 15 is 0 Å². The molecular weight excluding hydrogens is 362 g/mol. The fourth-order valence-electron chi connectivity index (χ4n) is 2.80. The number of para-hydroxylation sites is 1. The van der Waals surface area contributed by atoms with Crippen LogP contribution in [0.4, 0.5) is 0 Å². The van der Waals surface area contributed by atoms with E-state index in [1.54, 1.807) is 44.6 Å². The molecule has 0 amide bonds. The Labute approximate surface area is 160 Å². The summed E-state index contributed by atoms with van der Waals surface area (Å²) in [6.07, 6.45) is 0. The zero-order valence-corrected chi connectivity index (χ0v) is 15.3. The second-order valence-corrected chi connectivity index (χ2v) is 5.98. The lowest BCUT2D eigenvalue weighted by atomic mass is 10.1. The molecule has 4 aromatic rings. The Kier molecular flexibility index (Phi) is 4.72. The highest BCUT2D eigenvalue weighted by atomic mass is 16.5. The van der Waals surface area contributed by atoms with E-state index in [2.05, 4.69) is 5.16 Å². The van der Waals surface area contributed by atoms with Crippen LogP contribution in [0.2, 0.25) is 0 Å². The van der Waals surface area contributed by atoms with Crippen LogP contribution in [0, 0.1) is 0 Å². The van der Waals surface area contributed by atoms with Gasteiger partial charge >= 0.3 is 5.97 Å². The first-order valence-electron chi connectivity index (χ1n) is 8.51. The van der Waals surface area contributed by atoms with Gasteiger partial charge in [-0.25, -0.2) is 4.79 Å². The lowest BCUT2D eigenvalue weighted by molar-refractivity contribution is 0.0430. The van der Waals surface area contributed by atoms with E-state index < -0.39 is 5.97 Å². The molecule has 0 fully saturated rings. The monoisotopic (exact) mass is 379 g/mol. The Morgan fingerprint density at radius 2 is 1.82 bits per heavy atom. The van der Waals surface area contributed by atoms with Gasteiger partial charge in [0, 0.05) is 17.0 Å². The first kappa shape index (κ1) is 17.7. The smallest absolute Gasteiger partial charge is 0.374 e.